The molecule has 4 atom stereocenters. The van der Waals surface area contributed by atoms with Gasteiger partial charge < -0.3 is 4.90 Å². The predicted molar refractivity (Wildman–Crippen MR) is 155 cm³/mol. The number of amidine groups is 1. The van der Waals surface area contributed by atoms with Crippen molar-refractivity contribution < 1.29 is 0 Å². The Morgan fingerprint density at radius 1 is 1.14 bits per heavy atom. The molecular formula is C32H45N3. The van der Waals surface area contributed by atoms with E-state index in [0.29, 0.717) is 11.8 Å². The number of nitrogens with zero attached hydrogens (tertiary/aromatic N) is 3. The van der Waals surface area contributed by atoms with Gasteiger partial charge in [0.25, 0.3) is 0 Å². The van der Waals surface area contributed by atoms with Crippen LogP contribution in [-0.4, -0.2) is 17.0 Å². The summed E-state index contributed by atoms with van der Waals surface area (Å²) >= 11 is 0. The van der Waals surface area contributed by atoms with Crippen molar-refractivity contribution in [1.29, 1.82) is 0 Å². The smallest absolute Gasteiger partial charge is 0.162 e. The van der Waals surface area contributed by atoms with Crippen LogP contribution in [-0.2, 0) is 0 Å². The molecule has 0 radical (unpaired) electrons. The van der Waals surface area contributed by atoms with E-state index < -0.39 is 0 Å². The van der Waals surface area contributed by atoms with Crippen LogP contribution >= 0.6 is 0 Å². The van der Waals surface area contributed by atoms with Gasteiger partial charge in [-0.15, -0.1) is 0 Å². The van der Waals surface area contributed by atoms with Crippen molar-refractivity contribution >= 4 is 11.5 Å². The molecular weight excluding hydrogens is 426 g/mol. The monoisotopic (exact) mass is 471 g/mol. The predicted octanol–water partition coefficient (Wildman–Crippen LogP) is 8.88. The molecule has 4 rings (SSSR count). The van der Waals surface area contributed by atoms with Crippen molar-refractivity contribution in [2.45, 2.75) is 67.5 Å². The zero-order chi connectivity index (χ0) is 26.0. The van der Waals surface area contributed by atoms with Crippen molar-refractivity contribution in [3.05, 3.63) is 103 Å². The molecule has 0 amide bonds. The highest BCUT2D eigenvalue weighted by Crippen LogP contribution is 2.55. The number of para-hydroxylation sites is 1. The summed E-state index contributed by atoms with van der Waals surface area (Å²) in [5.41, 5.74) is 3.45. The molecule has 3 heteroatoms. The summed E-state index contributed by atoms with van der Waals surface area (Å²) in [5.74, 6) is 1.68. The molecule has 35 heavy (non-hydrogen) atoms. The van der Waals surface area contributed by atoms with E-state index in [1.54, 1.807) is 0 Å². The summed E-state index contributed by atoms with van der Waals surface area (Å²) in [4.78, 5) is 2.38. The van der Waals surface area contributed by atoms with E-state index in [4.69, 9.17) is 5.10 Å². The minimum atomic E-state index is 0.0300. The molecule has 3 aliphatic rings. The zero-order valence-corrected chi connectivity index (χ0v) is 22.9. The highest BCUT2D eigenvalue weighted by Gasteiger charge is 2.55. The van der Waals surface area contributed by atoms with Crippen LogP contribution in [0.2, 0.25) is 0 Å². The molecule has 0 N–H and O–H groups in total. The Morgan fingerprint density at radius 3 is 2.43 bits per heavy atom. The van der Waals surface area contributed by atoms with E-state index in [-0.39, 0.29) is 11.6 Å². The summed E-state index contributed by atoms with van der Waals surface area (Å²) in [6.07, 6.45) is 19.4. The summed E-state index contributed by atoms with van der Waals surface area (Å²) in [7, 11) is 0. The van der Waals surface area contributed by atoms with Gasteiger partial charge in [-0.05, 0) is 31.1 Å². The van der Waals surface area contributed by atoms with E-state index in [2.05, 4.69) is 105 Å². The summed E-state index contributed by atoms with van der Waals surface area (Å²) in [6.45, 7) is 23.0. The Kier molecular flexibility index (Phi) is 10.6. The fraction of sp³-hybridized carbons (Fsp3) is 0.406. The molecule has 1 fully saturated rings. The largest absolute Gasteiger partial charge is 0.301 e. The van der Waals surface area contributed by atoms with Crippen LogP contribution in [0, 0.1) is 17.3 Å². The normalized spacial score (nSPS) is 26.9. The van der Waals surface area contributed by atoms with Gasteiger partial charge in [0.1, 0.15) is 6.17 Å². The van der Waals surface area contributed by atoms with E-state index in [1.807, 2.05) is 45.9 Å². The van der Waals surface area contributed by atoms with Gasteiger partial charge in [0.2, 0.25) is 0 Å². The molecule has 0 aromatic heterocycles. The molecule has 1 saturated heterocycles. The number of benzene rings is 1. The van der Waals surface area contributed by atoms with Crippen LogP contribution in [0.1, 0.15) is 61.3 Å². The lowest BCUT2D eigenvalue weighted by Crippen LogP contribution is -2.58. The number of hydrogen-bond donors (Lipinski definition) is 0. The molecule has 1 aliphatic carbocycles. The lowest BCUT2D eigenvalue weighted by atomic mass is 9.61. The van der Waals surface area contributed by atoms with Crippen molar-refractivity contribution in [3.8, 4) is 0 Å². The maximum atomic E-state index is 5.20. The Labute approximate surface area is 214 Å². The quantitative estimate of drug-likeness (QED) is 0.305. The van der Waals surface area contributed by atoms with Crippen molar-refractivity contribution in [2.75, 3.05) is 4.90 Å². The second-order valence-electron chi connectivity index (χ2n) is 8.72. The van der Waals surface area contributed by atoms with Gasteiger partial charge in [0.05, 0.1) is 0 Å². The molecule has 4 unspecified atom stereocenters. The van der Waals surface area contributed by atoms with Crippen LogP contribution in [0.15, 0.2) is 108 Å². The Morgan fingerprint density at radius 2 is 1.83 bits per heavy atom. The SMILES string of the molecule is C=C/C=C(\C=C)C1=NN2C3=CC=CCC3C(C)(C=CCC)C(C)C2N1c1ccccc1.CC.CC. The van der Waals surface area contributed by atoms with Gasteiger partial charge in [-0.25, -0.2) is 5.01 Å². The van der Waals surface area contributed by atoms with Crippen LogP contribution < -0.4 is 4.90 Å². The Hall–Kier alpha value is -3.07. The maximum absolute atomic E-state index is 5.20. The molecule has 2 heterocycles. The lowest BCUT2D eigenvalue weighted by Gasteiger charge is -2.54. The first-order valence-electron chi connectivity index (χ1n) is 13.3. The number of piperidine rings is 1. The molecule has 3 nitrogen and oxygen atoms in total. The number of fused-ring (bicyclic) bond motifs is 3. The first-order valence-corrected chi connectivity index (χ1v) is 13.3. The minimum Gasteiger partial charge on any atom is -0.301 e. The first kappa shape index (κ1) is 28.2. The van der Waals surface area contributed by atoms with Gasteiger partial charge in [0.15, 0.2) is 5.84 Å². The first-order chi connectivity index (χ1) is 17.1. The second kappa shape index (κ2) is 13.1. The van der Waals surface area contributed by atoms with Crippen molar-refractivity contribution in [2.24, 2.45) is 22.4 Å². The van der Waals surface area contributed by atoms with E-state index in [1.165, 1.54) is 5.70 Å². The average molecular weight is 472 g/mol. The Bertz CT molecular complexity index is 995. The summed E-state index contributed by atoms with van der Waals surface area (Å²) in [5, 5.41) is 7.47. The van der Waals surface area contributed by atoms with Crippen molar-refractivity contribution in [3.63, 3.8) is 0 Å². The van der Waals surface area contributed by atoms with Gasteiger partial charge in [-0.2, -0.15) is 5.10 Å². The Balaban J connectivity index is 0.00000103. The average Bonchev–Trinajstić information content (AvgIpc) is 3.32. The third-order valence-electron chi connectivity index (χ3n) is 7.04. The molecule has 2 aliphatic heterocycles. The van der Waals surface area contributed by atoms with Gasteiger partial charge in [-0.1, -0.05) is 122 Å². The number of rotatable bonds is 6. The topological polar surface area (TPSA) is 18.8 Å². The van der Waals surface area contributed by atoms with Crippen LogP contribution in [0.4, 0.5) is 5.69 Å². The van der Waals surface area contributed by atoms with Crippen LogP contribution in [0.25, 0.3) is 0 Å². The molecule has 0 saturated carbocycles. The molecule has 1 aromatic carbocycles. The third kappa shape index (κ3) is 5.29. The van der Waals surface area contributed by atoms with E-state index in [0.717, 1.165) is 29.9 Å². The number of allylic oxidation sites excluding steroid dienone is 8. The number of hydrogen-bond acceptors (Lipinski definition) is 3. The minimum absolute atomic E-state index is 0.0300. The zero-order valence-electron chi connectivity index (χ0n) is 22.9. The van der Waals surface area contributed by atoms with Crippen LogP contribution in [0.3, 0.4) is 0 Å². The third-order valence-corrected chi connectivity index (χ3v) is 7.04. The standard InChI is InChI=1S/C28H33N3.2C2H6/c1-6-9-20-28(5)21(4)27-30(23-16-11-10-12-17-23)26(22(8-3)15-7-2)29-31(27)25-19-14-13-18-24(25)28;2*1-2/h7-17,19-21,24,27H,2-3,6,18H2,1,4-5H3;2*1-2H3/b20-9?,22-15+;;. The fourth-order valence-corrected chi connectivity index (χ4v) is 5.22. The van der Waals surface area contributed by atoms with E-state index >= 15 is 0 Å². The van der Waals surface area contributed by atoms with Gasteiger partial charge >= 0.3 is 0 Å². The molecule has 188 valence electrons. The van der Waals surface area contributed by atoms with Crippen LogP contribution in [0.5, 0.6) is 0 Å². The molecule has 0 spiro atoms. The maximum Gasteiger partial charge on any atom is 0.162 e. The fourth-order valence-electron chi connectivity index (χ4n) is 5.22. The highest BCUT2D eigenvalue weighted by molar-refractivity contribution is 6.13. The van der Waals surface area contributed by atoms with E-state index in [9.17, 15) is 0 Å². The van der Waals surface area contributed by atoms with Gasteiger partial charge in [-0.3, -0.25) is 0 Å². The second-order valence-corrected chi connectivity index (χ2v) is 8.72. The number of hydrazone groups is 1. The van der Waals surface area contributed by atoms with Crippen molar-refractivity contribution in [1.82, 2.24) is 5.01 Å². The van der Waals surface area contributed by atoms with Gasteiger partial charge in [0, 0.05) is 34.2 Å². The lowest BCUT2D eigenvalue weighted by molar-refractivity contribution is 0.0320. The molecule has 0 bridgehead atoms. The number of anilines is 1. The highest BCUT2D eigenvalue weighted by atomic mass is 15.6. The summed E-state index contributed by atoms with van der Waals surface area (Å²) < 4.78 is 0. The summed E-state index contributed by atoms with van der Waals surface area (Å²) in [6, 6.07) is 10.6. The molecule has 1 aromatic rings.